The lowest BCUT2D eigenvalue weighted by atomic mass is 10.1. The van der Waals surface area contributed by atoms with Crippen LogP contribution in [-0.4, -0.2) is 39.8 Å². The highest BCUT2D eigenvalue weighted by molar-refractivity contribution is 5.84. The number of hydrogen-bond donors (Lipinski definition) is 1. The summed E-state index contributed by atoms with van der Waals surface area (Å²) in [4.78, 5) is 28.6. The fraction of sp³-hybridized carbons (Fsp3) is 0.500. The number of amides is 1. The number of ketones is 1. The van der Waals surface area contributed by atoms with E-state index >= 15 is 0 Å². The largest absolute Gasteiger partial charge is 0.480 e. The van der Waals surface area contributed by atoms with E-state index in [0.717, 1.165) is 30.2 Å². The molecule has 0 bridgehead atoms. The standard InChI is InChI=1S/C26H34N4O5/c1-6-18(31)13-8-7-9-15-21(28-25(32)35-26(2,3)4)24-30-29-23(34-24)19-16-17-12-10-11-14-20(17)27-22(19)33-5/h10-12,14,16,21H,6-9,13,15H2,1-5H3,(H,28,32)/t21-/m0/s1. The van der Waals surface area contributed by atoms with Gasteiger partial charge in [0.05, 0.1) is 12.6 Å². The number of unbranched alkanes of at least 4 members (excludes halogenated alkanes) is 2. The summed E-state index contributed by atoms with van der Waals surface area (Å²) in [7, 11) is 1.54. The number of aromatic nitrogens is 3. The molecule has 0 saturated carbocycles. The number of nitrogens with zero attached hydrogens (tertiary/aromatic N) is 3. The molecule has 0 saturated heterocycles. The highest BCUT2D eigenvalue weighted by Crippen LogP contribution is 2.32. The van der Waals surface area contributed by atoms with Gasteiger partial charge in [-0.2, -0.15) is 0 Å². The Bertz CT molecular complexity index is 1150. The minimum Gasteiger partial charge on any atom is -0.480 e. The molecule has 0 unspecified atom stereocenters. The first-order valence-electron chi connectivity index (χ1n) is 12.0. The second-order valence-corrected chi connectivity index (χ2v) is 9.37. The van der Waals surface area contributed by atoms with Gasteiger partial charge in [0.25, 0.3) is 5.89 Å². The van der Waals surface area contributed by atoms with Crippen molar-refractivity contribution in [3.8, 4) is 17.3 Å². The molecular weight excluding hydrogens is 448 g/mol. The quantitative estimate of drug-likeness (QED) is 0.341. The first kappa shape index (κ1) is 26.1. The van der Waals surface area contributed by atoms with Gasteiger partial charge in [0.1, 0.15) is 23.0 Å². The third-order valence-electron chi connectivity index (χ3n) is 5.39. The van der Waals surface area contributed by atoms with Crippen LogP contribution in [0.1, 0.15) is 78.2 Å². The van der Waals surface area contributed by atoms with Crippen LogP contribution in [0.5, 0.6) is 5.88 Å². The van der Waals surface area contributed by atoms with Crippen molar-refractivity contribution in [1.82, 2.24) is 20.5 Å². The van der Waals surface area contributed by atoms with Crippen molar-refractivity contribution in [2.24, 2.45) is 0 Å². The summed E-state index contributed by atoms with van der Waals surface area (Å²) in [6.45, 7) is 7.28. The molecule has 0 aliphatic carbocycles. The zero-order valence-corrected chi connectivity index (χ0v) is 21.1. The Morgan fingerprint density at radius 2 is 1.89 bits per heavy atom. The van der Waals surface area contributed by atoms with Crippen LogP contribution in [-0.2, 0) is 9.53 Å². The van der Waals surface area contributed by atoms with E-state index in [1.807, 2.05) is 37.3 Å². The molecule has 0 radical (unpaired) electrons. The molecule has 188 valence electrons. The normalized spacial score (nSPS) is 12.4. The number of ether oxygens (including phenoxy) is 2. The highest BCUT2D eigenvalue weighted by atomic mass is 16.6. The van der Waals surface area contributed by atoms with E-state index in [4.69, 9.17) is 13.9 Å². The van der Waals surface area contributed by atoms with Gasteiger partial charge in [-0.1, -0.05) is 38.0 Å². The highest BCUT2D eigenvalue weighted by Gasteiger charge is 2.25. The number of nitrogens with one attached hydrogen (secondary N) is 1. The van der Waals surface area contributed by atoms with Crippen LogP contribution >= 0.6 is 0 Å². The number of carbonyl (C=O) groups excluding carboxylic acids is 2. The molecule has 9 heteroatoms. The number of hydrogen-bond acceptors (Lipinski definition) is 8. The van der Waals surface area contributed by atoms with E-state index in [-0.39, 0.29) is 17.6 Å². The molecule has 9 nitrogen and oxygen atoms in total. The fourth-order valence-corrected chi connectivity index (χ4v) is 3.62. The van der Waals surface area contributed by atoms with Gasteiger partial charge in [0, 0.05) is 18.2 Å². The van der Waals surface area contributed by atoms with Crippen LogP contribution in [0.2, 0.25) is 0 Å². The van der Waals surface area contributed by atoms with Crippen molar-refractivity contribution in [2.75, 3.05) is 7.11 Å². The van der Waals surface area contributed by atoms with Crippen molar-refractivity contribution < 1.29 is 23.5 Å². The van der Waals surface area contributed by atoms with Crippen molar-refractivity contribution in [1.29, 1.82) is 0 Å². The zero-order valence-electron chi connectivity index (χ0n) is 21.1. The molecule has 1 aromatic carbocycles. The van der Waals surface area contributed by atoms with Crippen molar-refractivity contribution in [3.63, 3.8) is 0 Å². The molecule has 3 rings (SSSR count). The lowest BCUT2D eigenvalue weighted by molar-refractivity contribution is -0.118. The van der Waals surface area contributed by atoms with Crippen LogP contribution in [0.15, 0.2) is 34.7 Å². The van der Waals surface area contributed by atoms with E-state index in [2.05, 4.69) is 20.5 Å². The van der Waals surface area contributed by atoms with Crippen LogP contribution in [0.4, 0.5) is 4.79 Å². The summed E-state index contributed by atoms with van der Waals surface area (Å²) in [6, 6.07) is 9.03. The number of pyridine rings is 1. The smallest absolute Gasteiger partial charge is 0.408 e. The number of alkyl carbamates (subject to hydrolysis) is 1. The number of fused-ring (bicyclic) bond motifs is 1. The maximum absolute atomic E-state index is 12.5. The Balaban J connectivity index is 1.80. The Kier molecular flexibility index (Phi) is 8.78. The average Bonchev–Trinajstić information content (AvgIpc) is 3.30. The third kappa shape index (κ3) is 7.50. The zero-order chi connectivity index (χ0) is 25.4. The van der Waals surface area contributed by atoms with E-state index in [0.29, 0.717) is 30.7 Å². The molecule has 0 fully saturated rings. The van der Waals surface area contributed by atoms with E-state index in [1.165, 1.54) is 7.11 Å². The topological polar surface area (TPSA) is 116 Å². The number of benzene rings is 1. The first-order valence-corrected chi connectivity index (χ1v) is 12.0. The first-order chi connectivity index (χ1) is 16.7. The van der Waals surface area contributed by atoms with Gasteiger partial charge < -0.3 is 19.2 Å². The molecule has 0 aliphatic rings. The molecule has 0 aliphatic heterocycles. The fourth-order valence-electron chi connectivity index (χ4n) is 3.62. The number of methoxy groups -OCH3 is 1. The van der Waals surface area contributed by atoms with Crippen LogP contribution < -0.4 is 10.1 Å². The monoisotopic (exact) mass is 482 g/mol. The van der Waals surface area contributed by atoms with Gasteiger partial charge in [0.2, 0.25) is 11.8 Å². The molecule has 2 heterocycles. The Morgan fingerprint density at radius 3 is 2.60 bits per heavy atom. The van der Waals surface area contributed by atoms with Gasteiger partial charge >= 0.3 is 6.09 Å². The lowest BCUT2D eigenvalue weighted by Crippen LogP contribution is -2.35. The molecule has 2 aromatic heterocycles. The van der Waals surface area contributed by atoms with E-state index < -0.39 is 17.7 Å². The third-order valence-corrected chi connectivity index (χ3v) is 5.39. The summed E-state index contributed by atoms with van der Waals surface area (Å²) in [5.41, 5.74) is 0.720. The molecule has 1 N–H and O–H groups in total. The van der Waals surface area contributed by atoms with Crippen LogP contribution in [0.3, 0.4) is 0 Å². The van der Waals surface area contributed by atoms with Gasteiger partial charge in [-0.3, -0.25) is 4.79 Å². The Morgan fingerprint density at radius 1 is 1.11 bits per heavy atom. The number of rotatable bonds is 11. The predicted molar refractivity (Wildman–Crippen MR) is 132 cm³/mol. The Hall–Kier alpha value is -3.49. The van der Waals surface area contributed by atoms with Crippen LogP contribution in [0, 0.1) is 0 Å². The second kappa shape index (κ2) is 11.8. The van der Waals surface area contributed by atoms with Gasteiger partial charge in [-0.05, 0) is 45.7 Å². The molecule has 0 spiro atoms. The van der Waals surface area contributed by atoms with E-state index in [1.54, 1.807) is 20.8 Å². The van der Waals surface area contributed by atoms with Crippen molar-refractivity contribution >= 4 is 22.8 Å². The summed E-state index contributed by atoms with van der Waals surface area (Å²) < 4.78 is 16.9. The summed E-state index contributed by atoms with van der Waals surface area (Å²) >= 11 is 0. The summed E-state index contributed by atoms with van der Waals surface area (Å²) in [6.07, 6.45) is 3.56. The molecule has 1 amide bonds. The molecule has 3 aromatic rings. The van der Waals surface area contributed by atoms with Crippen LogP contribution in [0.25, 0.3) is 22.4 Å². The minimum absolute atomic E-state index is 0.250. The SMILES string of the molecule is CCC(=O)CCCCC[C@H](NC(=O)OC(C)(C)C)c1nnc(-c2cc3ccccc3nc2OC)o1. The predicted octanol–water partition coefficient (Wildman–Crippen LogP) is 5.79. The average molecular weight is 483 g/mol. The second-order valence-electron chi connectivity index (χ2n) is 9.37. The molecule has 1 atom stereocenters. The lowest BCUT2D eigenvalue weighted by Gasteiger charge is -2.22. The minimum atomic E-state index is -0.640. The summed E-state index contributed by atoms with van der Waals surface area (Å²) in [5, 5.41) is 12.2. The number of Topliss-reactive ketones (excluding diaryl/α,β-unsaturated/α-hetero) is 1. The van der Waals surface area contributed by atoms with Gasteiger partial charge in [0.15, 0.2) is 0 Å². The Labute approximate surface area is 205 Å². The van der Waals surface area contributed by atoms with Gasteiger partial charge in [-0.15, -0.1) is 10.2 Å². The molecular formula is C26H34N4O5. The number of para-hydroxylation sites is 1. The van der Waals surface area contributed by atoms with Crippen molar-refractivity contribution in [3.05, 3.63) is 36.2 Å². The molecule has 35 heavy (non-hydrogen) atoms. The van der Waals surface area contributed by atoms with E-state index in [9.17, 15) is 9.59 Å². The van der Waals surface area contributed by atoms with Gasteiger partial charge in [-0.25, -0.2) is 9.78 Å². The maximum atomic E-state index is 12.5. The number of carbonyl (C=O) groups is 2. The van der Waals surface area contributed by atoms with Crippen molar-refractivity contribution in [2.45, 2.75) is 77.9 Å². The summed E-state index contributed by atoms with van der Waals surface area (Å²) in [5.74, 6) is 1.15. The maximum Gasteiger partial charge on any atom is 0.408 e.